The van der Waals surface area contributed by atoms with Gasteiger partial charge in [0.2, 0.25) is 10.0 Å². The Balaban J connectivity index is 2.73. The van der Waals surface area contributed by atoms with Gasteiger partial charge in [-0.1, -0.05) is 31.4 Å². The highest BCUT2D eigenvalue weighted by Gasteiger charge is 2.16. The van der Waals surface area contributed by atoms with Gasteiger partial charge in [0.05, 0.1) is 11.8 Å². The minimum absolute atomic E-state index is 0.111. The zero-order valence-electron chi connectivity index (χ0n) is 10.4. The van der Waals surface area contributed by atoms with E-state index in [9.17, 15) is 8.42 Å². The smallest absolute Gasteiger partial charge is 0.216 e. The van der Waals surface area contributed by atoms with Crippen LogP contribution in [-0.2, 0) is 15.8 Å². The predicted octanol–water partition coefficient (Wildman–Crippen LogP) is 1.49. The molecule has 1 unspecified atom stereocenters. The van der Waals surface area contributed by atoms with Gasteiger partial charge in [0.15, 0.2) is 0 Å². The van der Waals surface area contributed by atoms with Crippen molar-refractivity contribution in [2.75, 3.05) is 5.73 Å². The van der Waals surface area contributed by atoms with Crippen molar-refractivity contribution < 1.29 is 8.42 Å². The van der Waals surface area contributed by atoms with E-state index in [1.165, 1.54) is 0 Å². The molecule has 0 aromatic heterocycles. The van der Waals surface area contributed by atoms with Crippen molar-refractivity contribution in [2.45, 2.75) is 31.6 Å². The van der Waals surface area contributed by atoms with Crippen molar-refractivity contribution in [3.8, 4) is 12.3 Å². The molecule has 0 fully saturated rings. The van der Waals surface area contributed by atoms with Gasteiger partial charge in [0.1, 0.15) is 0 Å². The molecule has 0 aliphatic carbocycles. The molecule has 0 saturated heterocycles. The van der Waals surface area contributed by atoms with Crippen LogP contribution in [0.15, 0.2) is 24.3 Å². The number of nitrogen functional groups attached to an aromatic ring is 1. The van der Waals surface area contributed by atoms with Crippen LogP contribution in [0.2, 0.25) is 0 Å². The molecule has 0 radical (unpaired) electrons. The van der Waals surface area contributed by atoms with E-state index in [4.69, 9.17) is 12.2 Å². The number of nitrogens with one attached hydrogen (secondary N) is 1. The van der Waals surface area contributed by atoms with Crippen LogP contribution in [0.5, 0.6) is 0 Å². The summed E-state index contributed by atoms with van der Waals surface area (Å²) in [6, 6.07) is 6.36. The molecule has 3 N–H and O–H groups in total. The van der Waals surface area contributed by atoms with Crippen molar-refractivity contribution in [1.29, 1.82) is 0 Å². The first-order chi connectivity index (χ1) is 8.46. The van der Waals surface area contributed by atoms with E-state index in [0.29, 0.717) is 17.7 Å². The molecule has 0 aliphatic rings. The van der Waals surface area contributed by atoms with Crippen LogP contribution in [0.25, 0.3) is 0 Å². The van der Waals surface area contributed by atoms with Crippen molar-refractivity contribution in [1.82, 2.24) is 4.72 Å². The number of hydrogen-bond acceptors (Lipinski definition) is 3. The summed E-state index contributed by atoms with van der Waals surface area (Å²) < 4.78 is 26.3. The van der Waals surface area contributed by atoms with Gasteiger partial charge in [-0.25, -0.2) is 13.1 Å². The average Bonchev–Trinajstić information content (AvgIpc) is 2.27. The van der Waals surface area contributed by atoms with E-state index in [1.54, 1.807) is 24.3 Å². The van der Waals surface area contributed by atoms with Crippen LogP contribution < -0.4 is 10.5 Å². The molecule has 0 heterocycles. The van der Waals surface area contributed by atoms with Crippen molar-refractivity contribution in [2.24, 2.45) is 0 Å². The molecule has 1 aromatic rings. The fourth-order valence-electron chi connectivity index (χ4n) is 1.63. The van der Waals surface area contributed by atoms with Gasteiger partial charge >= 0.3 is 0 Å². The topological polar surface area (TPSA) is 72.2 Å². The predicted molar refractivity (Wildman–Crippen MR) is 74.1 cm³/mol. The van der Waals surface area contributed by atoms with Crippen LogP contribution in [0, 0.1) is 12.3 Å². The van der Waals surface area contributed by atoms with E-state index in [1.807, 2.05) is 6.92 Å². The molecule has 1 aromatic carbocycles. The molecular formula is C13H18N2O2S. The minimum atomic E-state index is -3.43. The summed E-state index contributed by atoms with van der Waals surface area (Å²) in [5.41, 5.74) is 6.80. The highest BCUT2D eigenvalue weighted by Crippen LogP contribution is 2.10. The number of benzene rings is 1. The second kappa shape index (κ2) is 6.43. The van der Waals surface area contributed by atoms with Crippen LogP contribution >= 0.6 is 0 Å². The molecule has 0 aliphatic heterocycles. The number of sulfonamides is 1. The molecule has 0 bridgehead atoms. The van der Waals surface area contributed by atoms with E-state index in [-0.39, 0.29) is 5.75 Å². The second-order valence-electron chi connectivity index (χ2n) is 4.13. The van der Waals surface area contributed by atoms with Gasteiger partial charge in [-0.3, -0.25) is 0 Å². The summed E-state index contributed by atoms with van der Waals surface area (Å²) in [5.74, 6) is 2.33. The van der Waals surface area contributed by atoms with Gasteiger partial charge in [-0.05, 0) is 24.1 Å². The molecule has 0 amide bonds. The van der Waals surface area contributed by atoms with Gasteiger partial charge in [0.25, 0.3) is 0 Å². The largest absolute Gasteiger partial charge is 0.399 e. The molecule has 4 nitrogen and oxygen atoms in total. The fraction of sp³-hybridized carbons (Fsp3) is 0.385. The maximum atomic E-state index is 11.9. The first-order valence-electron chi connectivity index (χ1n) is 5.77. The zero-order valence-corrected chi connectivity index (χ0v) is 11.2. The molecular weight excluding hydrogens is 248 g/mol. The Labute approximate surface area is 109 Å². The lowest BCUT2D eigenvalue weighted by atomic mass is 10.2. The lowest BCUT2D eigenvalue weighted by molar-refractivity contribution is 0.563. The average molecular weight is 266 g/mol. The Hall–Kier alpha value is -1.51. The van der Waals surface area contributed by atoms with Crippen molar-refractivity contribution >= 4 is 15.7 Å². The Morgan fingerprint density at radius 2 is 2.22 bits per heavy atom. The maximum absolute atomic E-state index is 11.9. The van der Waals surface area contributed by atoms with E-state index < -0.39 is 16.1 Å². The second-order valence-corrected chi connectivity index (χ2v) is 5.88. The summed E-state index contributed by atoms with van der Waals surface area (Å²) in [4.78, 5) is 0. The quantitative estimate of drug-likeness (QED) is 0.605. The summed E-state index contributed by atoms with van der Waals surface area (Å²) in [7, 11) is -3.43. The maximum Gasteiger partial charge on any atom is 0.216 e. The molecule has 1 atom stereocenters. The summed E-state index contributed by atoms with van der Waals surface area (Å²) in [6.45, 7) is 1.95. The first-order valence-corrected chi connectivity index (χ1v) is 7.42. The molecule has 18 heavy (non-hydrogen) atoms. The first kappa shape index (κ1) is 14.6. The Morgan fingerprint density at radius 1 is 1.50 bits per heavy atom. The van der Waals surface area contributed by atoms with Crippen LogP contribution in [0.4, 0.5) is 5.69 Å². The Morgan fingerprint density at radius 3 is 2.78 bits per heavy atom. The van der Waals surface area contributed by atoms with Crippen LogP contribution in [-0.4, -0.2) is 14.5 Å². The van der Waals surface area contributed by atoms with E-state index in [0.717, 1.165) is 6.42 Å². The molecule has 0 saturated carbocycles. The third kappa shape index (κ3) is 4.78. The molecule has 1 rings (SSSR count). The summed E-state index contributed by atoms with van der Waals surface area (Å²) in [5, 5.41) is 0. The Bertz CT molecular complexity index is 532. The number of hydrogen-bond donors (Lipinski definition) is 2. The van der Waals surface area contributed by atoms with Crippen molar-refractivity contribution in [3.05, 3.63) is 29.8 Å². The van der Waals surface area contributed by atoms with Gasteiger partial charge in [-0.2, -0.15) is 0 Å². The highest BCUT2D eigenvalue weighted by atomic mass is 32.2. The minimum Gasteiger partial charge on any atom is -0.399 e. The monoisotopic (exact) mass is 266 g/mol. The molecule has 98 valence electrons. The zero-order chi connectivity index (χ0) is 13.6. The van der Waals surface area contributed by atoms with Gasteiger partial charge in [0, 0.05) is 5.69 Å². The van der Waals surface area contributed by atoms with Gasteiger partial charge in [-0.15, -0.1) is 6.42 Å². The number of nitrogens with two attached hydrogens (primary N) is 1. The van der Waals surface area contributed by atoms with Crippen molar-refractivity contribution in [3.63, 3.8) is 0 Å². The standard InChI is InChI=1S/C13H18N2O2S/c1-3-6-13(4-2)15-18(16,17)10-11-7-5-8-12(14)9-11/h2,5,7-9,13,15H,3,6,10,14H2,1H3. The lowest BCUT2D eigenvalue weighted by Crippen LogP contribution is -2.34. The lowest BCUT2D eigenvalue weighted by Gasteiger charge is -2.12. The number of rotatable bonds is 6. The fourth-order valence-corrected chi connectivity index (χ4v) is 2.95. The highest BCUT2D eigenvalue weighted by molar-refractivity contribution is 7.88. The van der Waals surface area contributed by atoms with Crippen LogP contribution in [0.3, 0.4) is 0 Å². The third-order valence-corrected chi connectivity index (χ3v) is 3.77. The SMILES string of the molecule is C#CC(CCC)NS(=O)(=O)Cc1cccc(N)c1. The molecule has 5 heteroatoms. The number of anilines is 1. The normalized spacial score (nSPS) is 12.9. The summed E-state index contributed by atoms with van der Waals surface area (Å²) >= 11 is 0. The van der Waals surface area contributed by atoms with Crippen LogP contribution in [0.1, 0.15) is 25.3 Å². The third-order valence-electron chi connectivity index (χ3n) is 2.41. The van der Waals surface area contributed by atoms with E-state index in [2.05, 4.69) is 10.6 Å². The van der Waals surface area contributed by atoms with E-state index >= 15 is 0 Å². The Kier molecular flexibility index (Phi) is 5.20. The number of terminal acetylenes is 1. The summed E-state index contributed by atoms with van der Waals surface area (Å²) in [6.07, 6.45) is 6.75. The molecule has 0 spiro atoms. The van der Waals surface area contributed by atoms with Gasteiger partial charge < -0.3 is 5.73 Å².